The summed E-state index contributed by atoms with van der Waals surface area (Å²) >= 11 is 0. The lowest BCUT2D eigenvalue weighted by molar-refractivity contribution is -0.138. The normalized spacial score (nSPS) is 10.9. The summed E-state index contributed by atoms with van der Waals surface area (Å²) in [6, 6.07) is 3.67. The number of hydrogen-bond acceptors (Lipinski definition) is 2. The molecule has 0 spiro atoms. The van der Waals surface area contributed by atoms with Crippen molar-refractivity contribution < 1.29 is 18.0 Å². The summed E-state index contributed by atoms with van der Waals surface area (Å²) in [5, 5.41) is 8.58. The molecular formula is C10H7F3N2O. The summed E-state index contributed by atoms with van der Waals surface area (Å²) in [6.07, 6.45) is -4.78. The van der Waals surface area contributed by atoms with Crippen molar-refractivity contribution in [3.63, 3.8) is 0 Å². The van der Waals surface area contributed by atoms with Crippen LogP contribution in [0.1, 0.15) is 27.0 Å². The lowest BCUT2D eigenvalue weighted by atomic mass is 9.96. The van der Waals surface area contributed by atoms with E-state index in [9.17, 15) is 18.0 Å². The molecule has 2 N–H and O–H groups in total. The SMILES string of the molecule is Cc1ccc(C#N)c(C(F)(F)F)c1C(N)=O. The molecule has 0 aromatic heterocycles. The van der Waals surface area contributed by atoms with Gasteiger partial charge in [0.05, 0.1) is 22.8 Å². The van der Waals surface area contributed by atoms with E-state index < -0.39 is 28.8 Å². The quantitative estimate of drug-likeness (QED) is 0.798. The van der Waals surface area contributed by atoms with Gasteiger partial charge in [0.15, 0.2) is 0 Å². The summed E-state index contributed by atoms with van der Waals surface area (Å²) in [6.45, 7) is 1.33. The number of rotatable bonds is 1. The number of benzene rings is 1. The number of amides is 1. The fourth-order valence-corrected chi connectivity index (χ4v) is 1.41. The summed E-state index contributed by atoms with van der Waals surface area (Å²) in [4.78, 5) is 11.0. The molecule has 0 aliphatic rings. The molecule has 0 saturated carbocycles. The number of nitrogens with two attached hydrogens (primary N) is 1. The maximum Gasteiger partial charge on any atom is 0.418 e. The molecule has 16 heavy (non-hydrogen) atoms. The highest BCUT2D eigenvalue weighted by molar-refractivity contribution is 5.96. The molecule has 1 rings (SSSR count). The minimum atomic E-state index is -4.78. The van der Waals surface area contributed by atoms with Crippen LogP contribution < -0.4 is 5.73 Å². The smallest absolute Gasteiger partial charge is 0.366 e. The Labute approximate surface area is 89.3 Å². The van der Waals surface area contributed by atoms with Gasteiger partial charge >= 0.3 is 6.18 Å². The Kier molecular flexibility index (Phi) is 2.90. The van der Waals surface area contributed by atoms with Crippen LogP contribution in [-0.4, -0.2) is 5.91 Å². The van der Waals surface area contributed by atoms with E-state index in [1.54, 1.807) is 0 Å². The molecule has 0 fully saturated rings. The maximum absolute atomic E-state index is 12.7. The summed E-state index contributed by atoms with van der Waals surface area (Å²) in [5.41, 5.74) is 2.47. The lowest BCUT2D eigenvalue weighted by Gasteiger charge is -2.14. The van der Waals surface area contributed by atoms with Gasteiger partial charge in [-0.1, -0.05) is 6.07 Å². The topological polar surface area (TPSA) is 66.9 Å². The molecule has 0 unspecified atom stereocenters. The fourth-order valence-electron chi connectivity index (χ4n) is 1.41. The van der Waals surface area contributed by atoms with Crippen molar-refractivity contribution in [2.24, 2.45) is 5.73 Å². The molecule has 0 atom stereocenters. The van der Waals surface area contributed by atoms with Crippen LogP contribution in [0.15, 0.2) is 12.1 Å². The molecule has 0 radical (unpaired) electrons. The van der Waals surface area contributed by atoms with Crippen molar-refractivity contribution in [2.75, 3.05) is 0 Å². The van der Waals surface area contributed by atoms with Gasteiger partial charge in [0, 0.05) is 0 Å². The summed E-state index contributed by atoms with van der Waals surface area (Å²) in [7, 11) is 0. The average Bonchev–Trinajstić information content (AvgIpc) is 2.15. The van der Waals surface area contributed by atoms with Crippen LogP contribution in [0, 0.1) is 18.3 Å². The molecule has 0 heterocycles. The number of carbonyl (C=O) groups excluding carboxylic acids is 1. The highest BCUT2D eigenvalue weighted by Gasteiger charge is 2.38. The molecule has 3 nitrogen and oxygen atoms in total. The summed E-state index contributed by atoms with van der Waals surface area (Å²) in [5.74, 6) is -1.19. The Morgan fingerprint density at radius 3 is 2.38 bits per heavy atom. The molecule has 0 saturated heterocycles. The zero-order chi connectivity index (χ0) is 12.5. The predicted octanol–water partition coefficient (Wildman–Crippen LogP) is 1.98. The van der Waals surface area contributed by atoms with Crippen molar-refractivity contribution in [1.29, 1.82) is 5.26 Å². The van der Waals surface area contributed by atoms with Crippen molar-refractivity contribution >= 4 is 5.91 Å². The first-order valence-corrected chi connectivity index (χ1v) is 4.19. The van der Waals surface area contributed by atoms with Gasteiger partial charge in [-0.3, -0.25) is 4.79 Å². The number of aryl methyl sites for hydroxylation is 1. The van der Waals surface area contributed by atoms with E-state index in [4.69, 9.17) is 11.0 Å². The number of nitrogens with zero attached hydrogens (tertiary/aromatic N) is 1. The van der Waals surface area contributed by atoms with Gasteiger partial charge < -0.3 is 5.73 Å². The molecule has 0 aliphatic carbocycles. The molecular weight excluding hydrogens is 221 g/mol. The second kappa shape index (κ2) is 3.85. The summed E-state index contributed by atoms with van der Waals surface area (Å²) < 4.78 is 38.0. The van der Waals surface area contributed by atoms with Crippen LogP contribution in [-0.2, 0) is 6.18 Å². The highest BCUT2D eigenvalue weighted by atomic mass is 19.4. The van der Waals surface area contributed by atoms with Gasteiger partial charge in [-0.2, -0.15) is 18.4 Å². The third kappa shape index (κ3) is 1.98. The van der Waals surface area contributed by atoms with E-state index in [2.05, 4.69) is 0 Å². The van der Waals surface area contributed by atoms with Crippen LogP contribution in [0.25, 0.3) is 0 Å². The first-order chi connectivity index (χ1) is 7.29. The van der Waals surface area contributed by atoms with E-state index >= 15 is 0 Å². The Morgan fingerprint density at radius 2 is 2.00 bits per heavy atom. The second-order valence-electron chi connectivity index (χ2n) is 3.15. The van der Waals surface area contributed by atoms with Gasteiger partial charge in [0.25, 0.3) is 0 Å². The zero-order valence-corrected chi connectivity index (χ0v) is 8.22. The van der Waals surface area contributed by atoms with Gasteiger partial charge in [-0.25, -0.2) is 0 Å². The van der Waals surface area contributed by atoms with E-state index in [-0.39, 0.29) is 5.56 Å². The first-order valence-electron chi connectivity index (χ1n) is 4.19. The lowest BCUT2D eigenvalue weighted by Crippen LogP contribution is -2.21. The van der Waals surface area contributed by atoms with Crippen LogP contribution in [0.2, 0.25) is 0 Å². The minimum Gasteiger partial charge on any atom is -0.366 e. The van der Waals surface area contributed by atoms with E-state index in [1.807, 2.05) is 0 Å². The molecule has 1 amide bonds. The Bertz CT molecular complexity index is 486. The standard InChI is InChI=1S/C10H7F3N2O/c1-5-2-3-6(4-14)8(10(11,12)13)7(5)9(15)16/h2-3H,1H3,(H2,15,16). The second-order valence-corrected chi connectivity index (χ2v) is 3.15. The Hall–Kier alpha value is -2.03. The number of carbonyl (C=O) groups is 1. The number of hydrogen-bond donors (Lipinski definition) is 1. The van der Waals surface area contributed by atoms with Crippen LogP contribution in [0.4, 0.5) is 13.2 Å². The molecule has 1 aromatic carbocycles. The van der Waals surface area contributed by atoms with Crippen molar-refractivity contribution in [3.8, 4) is 6.07 Å². The first kappa shape index (κ1) is 12.0. The third-order valence-corrected chi connectivity index (χ3v) is 2.06. The minimum absolute atomic E-state index is 0.0961. The molecule has 0 bridgehead atoms. The molecule has 84 valence electrons. The zero-order valence-electron chi connectivity index (χ0n) is 8.22. The predicted molar refractivity (Wildman–Crippen MR) is 49.4 cm³/mol. The Morgan fingerprint density at radius 1 is 1.44 bits per heavy atom. The van der Waals surface area contributed by atoms with Gasteiger partial charge in [0.2, 0.25) is 5.91 Å². The molecule has 0 aliphatic heterocycles. The number of halogens is 3. The van der Waals surface area contributed by atoms with Crippen LogP contribution in [0.5, 0.6) is 0 Å². The Balaban J connectivity index is 3.71. The number of primary amides is 1. The third-order valence-electron chi connectivity index (χ3n) is 2.06. The van der Waals surface area contributed by atoms with Gasteiger partial charge in [-0.05, 0) is 18.6 Å². The maximum atomic E-state index is 12.7. The molecule has 1 aromatic rings. The fraction of sp³-hybridized carbons (Fsp3) is 0.200. The van der Waals surface area contributed by atoms with Crippen LogP contribution in [0.3, 0.4) is 0 Å². The van der Waals surface area contributed by atoms with Crippen molar-refractivity contribution in [1.82, 2.24) is 0 Å². The van der Waals surface area contributed by atoms with Crippen molar-refractivity contribution in [2.45, 2.75) is 13.1 Å². The van der Waals surface area contributed by atoms with Gasteiger partial charge in [-0.15, -0.1) is 0 Å². The van der Waals surface area contributed by atoms with Crippen molar-refractivity contribution in [3.05, 3.63) is 34.4 Å². The van der Waals surface area contributed by atoms with E-state index in [1.165, 1.54) is 19.1 Å². The highest BCUT2D eigenvalue weighted by Crippen LogP contribution is 2.35. The van der Waals surface area contributed by atoms with Gasteiger partial charge in [0.1, 0.15) is 0 Å². The van der Waals surface area contributed by atoms with E-state index in [0.29, 0.717) is 0 Å². The van der Waals surface area contributed by atoms with Crippen LogP contribution >= 0.6 is 0 Å². The van der Waals surface area contributed by atoms with E-state index in [0.717, 1.165) is 6.07 Å². The largest absolute Gasteiger partial charge is 0.418 e. The monoisotopic (exact) mass is 228 g/mol. The average molecular weight is 228 g/mol. The molecule has 6 heteroatoms. The number of alkyl halides is 3. The number of nitriles is 1.